The number of carbonyl (C=O) groups excluding carboxylic acids is 1. The second-order valence-corrected chi connectivity index (χ2v) is 6.46. The number of aromatic nitrogens is 2. The Hall–Kier alpha value is -1.01. The van der Waals surface area contributed by atoms with Gasteiger partial charge in [-0.25, -0.2) is 0 Å². The Kier molecular flexibility index (Phi) is 3.54. The van der Waals surface area contributed by atoms with Gasteiger partial charge in [-0.3, -0.25) is 4.79 Å². The molecular formula is C13H20N4OS. The predicted molar refractivity (Wildman–Crippen MR) is 74.0 cm³/mol. The number of hydrogen-bond acceptors (Lipinski definition) is 5. The molecule has 2 aliphatic rings. The van der Waals surface area contributed by atoms with Gasteiger partial charge in [-0.05, 0) is 49.1 Å². The lowest BCUT2D eigenvalue weighted by Crippen LogP contribution is -2.32. The minimum absolute atomic E-state index is 0.120. The van der Waals surface area contributed by atoms with E-state index in [9.17, 15) is 4.79 Å². The normalized spacial score (nSPS) is 30.4. The van der Waals surface area contributed by atoms with E-state index in [0.29, 0.717) is 17.9 Å². The van der Waals surface area contributed by atoms with E-state index in [4.69, 9.17) is 5.73 Å². The number of likely N-dealkylation sites (tertiary alicyclic amines) is 1. The molecule has 1 aliphatic carbocycles. The zero-order valence-corrected chi connectivity index (χ0v) is 12.0. The van der Waals surface area contributed by atoms with E-state index in [-0.39, 0.29) is 5.91 Å². The van der Waals surface area contributed by atoms with Gasteiger partial charge in [0.15, 0.2) is 0 Å². The minimum Gasteiger partial charge on any atom is -0.337 e. The summed E-state index contributed by atoms with van der Waals surface area (Å²) >= 11 is 1.23. The molecule has 1 unspecified atom stereocenters. The lowest BCUT2D eigenvalue weighted by Gasteiger charge is -2.27. The molecule has 0 aromatic carbocycles. The molecule has 0 bridgehead atoms. The standard InChI is InChI=1S/C13H20N4OS/c1-2-11-12(19-16-15-11)13(18)17-6-8-3-4-10(14)5-9(8)7-17/h8-10H,2-7,14H2,1H3/t8-,9+,10?/m1/s1. The second-order valence-electron chi connectivity index (χ2n) is 5.71. The summed E-state index contributed by atoms with van der Waals surface area (Å²) in [6.07, 6.45) is 4.10. The van der Waals surface area contributed by atoms with Crippen LogP contribution in [0.4, 0.5) is 0 Å². The summed E-state index contributed by atoms with van der Waals surface area (Å²) in [5.41, 5.74) is 6.87. The highest BCUT2D eigenvalue weighted by Gasteiger charge is 2.39. The molecule has 2 heterocycles. The fourth-order valence-electron chi connectivity index (χ4n) is 3.38. The Balaban J connectivity index is 1.72. The molecule has 1 amide bonds. The lowest BCUT2D eigenvalue weighted by molar-refractivity contribution is 0.0787. The molecular weight excluding hydrogens is 260 g/mol. The topological polar surface area (TPSA) is 72.1 Å². The van der Waals surface area contributed by atoms with Crippen LogP contribution in [0.1, 0.15) is 41.6 Å². The van der Waals surface area contributed by atoms with Gasteiger partial charge in [0, 0.05) is 19.1 Å². The van der Waals surface area contributed by atoms with E-state index in [0.717, 1.165) is 49.3 Å². The molecule has 5 nitrogen and oxygen atoms in total. The van der Waals surface area contributed by atoms with E-state index >= 15 is 0 Å². The summed E-state index contributed by atoms with van der Waals surface area (Å²) in [5.74, 6) is 1.36. The van der Waals surface area contributed by atoms with Crippen LogP contribution in [0.25, 0.3) is 0 Å². The maximum absolute atomic E-state index is 12.5. The number of carbonyl (C=O) groups is 1. The van der Waals surface area contributed by atoms with Crippen LogP contribution in [-0.2, 0) is 6.42 Å². The van der Waals surface area contributed by atoms with Crippen molar-refractivity contribution in [1.29, 1.82) is 0 Å². The Bertz CT molecular complexity index is 475. The number of aryl methyl sites for hydroxylation is 1. The molecule has 104 valence electrons. The van der Waals surface area contributed by atoms with Crippen molar-refractivity contribution < 1.29 is 4.79 Å². The Morgan fingerprint density at radius 1 is 1.42 bits per heavy atom. The third kappa shape index (κ3) is 2.39. The monoisotopic (exact) mass is 280 g/mol. The molecule has 1 aromatic heterocycles. The van der Waals surface area contributed by atoms with Crippen molar-refractivity contribution in [3.05, 3.63) is 10.6 Å². The van der Waals surface area contributed by atoms with E-state index in [1.54, 1.807) is 0 Å². The molecule has 19 heavy (non-hydrogen) atoms. The molecule has 1 aromatic rings. The van der Waals surface area contributed by atoms with E-state index < -0.39 is 0 Å². The first kappa shape index (κ1) is 13.0. The van der Waals surface area contributed by atoms with Crippen molar-refractivity contribution in [3.63, 3.8) is 0 Å². The lowest BCUT2D eigenvalue weighted by atomic mass is 9.79. The number of nitrogens with zero attached hydrogens (tertiary/aromatic N) is 3. The van der Waals surface area contributed by atoms with Gasteiger partial charge in [-0.1, -0.05) is 11.4 Å². The number of amides is 1. The fraction of sp³-hybridized carbons (Fsp3) is 0.769. The summed E-state index contributed by atoms with van der Waals surface area (Å²) in [7, 11) is 0. The maximum atomic E-state index is 12.5. The highest BCUT2D eigenvalue weighted by molar-refractivity contribution is 7.08. The van der Waals surface area contributed by atoms with Crippen LogP contribution in [0, 0.1) is 11.8 Å². The summed E-state index contributed by atoms with van der Waals surface area (Å²) in [6, 6.07) is 0.326. The molecule has 0 radical (unpaired) electrons. The third-order valence-electron chi connectivity index (χ3n) is 4.46. The Morgan fingerprint density at radius 2 is 2.21 bits per heavy atom. The first-order chi connectivity index (χ1) is 9.19. The molecule has 2 N–H and O–H groups in total. The van der Waals surface area contributed by atoms with Crippen molar-refractivity contribution in [1.82, 2.24) is 14.5 Å². The molecule has 3 rings (SSSR count). The van der Waals surface area contributed by atoms with Gasteiger partial charge in [0.05, 0.1) is 5.69 Å². The van der Waals surface area contributed by atoms with Crippen LogP contribution in [-0.4, -0.2) is 39.5 Å². The van der Waals surface area contributed by atoms with Crippen LogP contribution in [0.5, 0.6) is 0 Å². The number of hydrogen-bond donors (Lipinski definition) is 1. The first-order valence-electron chi connectivity index (χ1n) is 7.05. The van der Waals surface area contributed by atoms with Gasteiger partial charge in [-0.15, -0.1) is 5.10 Å². The Labute approximate surface area is 117 Å². The van der Waals surface area contributed by atoms with E-state index in [2.05, 4.69) is 9.59 Å². The summed E-state index contributed by atoms with van der Waals surface area (Å²) < 4.78 is 3.91. The molecule has 1 aliphatic heterocycles. The Morgan fingerprint density at radius 3 is 3.00 bits per heavy atom. The smallest absolute Gasteiger partial charge is 0.267 e. The van der Waals surface area contributed by atoms with Gasteiger partial charge in [-0.2, -0.15) is 0 Å². The number of fused-ring (bicyclic) bond motifs is 1. The maximum Gasteiger partial charge on any atom is 0.267 e. The van der Waals surface area contributed by atoms with Gasteiger partial charge in [0.25, 0.3) is 5.91 Å². The molecule has 1 saturated carbocycles. The predicted octanol–water partition coefficient (Wildman–Crippen LogP) is 1.30. The number of nitrogens with two attached hydrogens (primary N) is 1. The van der Waals surface area contributed by atoms with Crippen molar-refractivity contribution in [2.24, 2.45) is 17.6 Å². The third-order valence-corrected chi connectivity index (χ3v) is 5.22. The van der Waals surface area contributed by atoms with Crippen molar-refractivity contribution in [3.8, 4) is 0 Å². The largest absolute Gasteiger partial charge is 0.337 e. The molecule has 0 spiro atoms. The average molecular weight is 280 g/mol. The SMILES string of the molecule is CCc1nnsc1C(=O)N1C[C@H]2CCC(N)C[C@H]2C1. The van der Waals surface area contributed by atoms with Crippen LogP contribution in [0.3, 0.4) is 0 Å². The zero-order valence-electron chi connectivity index (χ0n) is 11.2. The minimum atomic E-state index is 0.120. The van der Waals surface area contributed by atoms with E-state index in [1.165, 1.54) is 11.5 Å². The van der Waals surface area contributed by atoms with Crippen LogP contribution in [0.2, 0.25) is 0 Å². The van der Waals surface area contributed by atoms with Crippen molar-refractivity contribution in [2.75, 3.05) is 13.1 Å². The van der Waals surface area contributed by atoms with E-state index in [1.807, 2.05) is 11.8 Å². The van der Waals surface area contributed by atoms with Gasteiger partial charge in [0.1, 0.15) is 4.88 Å². The first-order valence-corrected chi connectivity index (χ1v) is 7.82. The molecule has 6 heteroatoms. The highest BCUT2D eigenvalue weighted by atomic mass is 32.1. The quantitative estimate of drug-likeness (QED) is 0.886. The summed E-state index contributed by atoms with van der Waals surface area (Å²) in [6.45, 7) is 3.76. The molecule has 1 saturated heterocycles. The zero-order chi connectivity index (χ0) is 13.4. The van der Waals surface area contributed by atoms with Crippen LogP contribution < -0.4 is 5.73 Å². The summed E-state index contributed by atoms with van der Waals surface area (Å²) in [5, 5.41) is 4.03. The van der Waals surface area contributed by atoms with Crippen LogP contribution in [0.15, 0.2) is 0 Å². The fourth-order valence-corrected chi connectivity index (χ4v) is 4.10. The highest BCUT2D eigenvalue weighted by Crippen LogP contribution is 2.36. The molecule has 2 fully saturated rings. The number of rotatable bonds is 2. The van der Waals surface area contributed by atoms with Crippen molar-refractivity contribution >= 4 is 17.4 Å². The van der Waals surface area contributed by atoms with Crippen molar-refractivity contribution in [2.45, 2.75) is 38.6 Å². The average Bonchev–Trinajstić information content (AvgIpc) is 3.03. The van der Waals surface area contributed by atoms with Gasteiger partial charge < -0.3 is 10.6 Å². The van der Waals surface area contributed by atoms with Gasteiger partial charge in [0.2, 0.25) is 0 Å². The second kappa shape index (κ2) is 5.17. The summed E-state index contributed by atoms with van der Waals surface area (Å²) in [4.78, 5) is 15.3. The van der Waals surface area contributed by atoms with Gasteiger partial charge >= 0.3 is 0 Å². The molecule has 3 atom stereocenters. The van der Waals surface area contributed by atoms with Crippen LogP contribution >= 0.6 is 11.5 Å².